The third-order valence-electron chi connectivity index (χ3n) is 3.61. The Labute approximate surface area is 133 Å². The van der Waals surface area contributed by atoms with Crippen molar-refractivity contribution in [2.75, 3.05) is 12.4 Å². The highest BCUT2D eigenvalue weighted by atomic mass is 35.7. The minimum absolute atomic E-state index is 0.0814. The number of rotatable bonds is 6. The highest BCUT2D eigenvalue weighted by molar-refractivity contribution is 8.13. The Bertz CT molecular complexity index is 559. The maximum atomic E-state index is 11.4. The predicted octanol–water partition coefficient (Wildman–Crippen LogP) is 4.42. The largest absolute Gasteiger partial charge is 0.493 e. The van der Waals surface area contributed by atoms with Gasteiger partial charge in [0.25, 0.3) is 0 Å². The second-order valence-electron chi connectivity index (χ2n) is 6.77. The van der Waals surface area contributed by atoms with E-state index in [2.05, 4.69) is 13.8 Å². The van der Waals surface area contributed by atoms with Crippen LogP contribution in [0.5, 0.6) is 5.75 Å². The lowest BCUT2D eigenvalue weighted by molar-refractivity contribution is 0.162. The molecule has 0 aliphatic rings. The van der Waals surface area contributed by atoms with Gasteiger partial charge in [0.05, 0.1) is 12.4 Å². The maximum absolute atomic E-state index is 11.4. The molecule has 1 unspecified atom stereocenters. The lowest BCUT2D eigenvalue weighted by Gasteiger charge is -2.30. The first-order valence-corrected chi connectivity index (χ1v) is 9.62. The summed E-state index contributed by atoms with van der Waals surface area (Å²) < 4.78 is 28.7. The topological polar surface area (TPSA) is 43.4 Å². The van der Waals surface area contributed by atoms with Gasteiger partial charge in [-0.15, -0.1) is 0 Å². The van der Waals surface area contributed by atoms with Crippen molar-refractivity contribution in [3.05, 3.63) is 29.8 Å². The number of halogens is 1. The summed E-state index contributed by atoms with van der Waals surface area (Å²) in [6.07, 6.45) is 0. The van der Waals surface area contributed by atoms with Crippen molar-refractivity contribution in [1.29, 1.82) is 0 Å². The van der Waals surface area contributed by atoms with Crippen molar-refractivity contribution in [3.8, 4) is 5.75 Å². The van der Waals surface area contributed by atoms with Crippen molar-refractivity contribution < 1.29 is 13.2 Å². The van der Waals surface area contributed by atoms with Crippen molar-refractivity contribution in [2.24, 2.45) is 11.3 Å². The van der Waals surface area contributed by atoms with Crippen molar-refractivity contribution in [1.82, 2.24) is 0 Å². The molecule has 1 rings (SSSR count). The summed E-state index contributed by atoms with van der Waals surface area (Å²) in [6.45, 7) is 10.5. The van der Waals surface area contributed by atoms with Gasteiger partial charge in [-0.1, -0.05) is 52.8 Å². The molecule has 120 valence electrons. The lowest BCUT2D eigenvalue weighted by Crippen LogP contribution is -2.32. The molecule has 0 spiro atoms. The molecule has 0 heterocycles. The van der Waals surface area contributed by atoms with E-state index >= 15 is 0 Å². The molecule has 0 aliphatic carbocycles. The van der Waals surface area contributed by atoms with Crippen LogP contribution in [0.25, 0.3) is 0 Å². The molecular formula is C16H25ClO3S. The fourth-order valence-corrected chi connectivity index (χ4v) is 3.60. The normalized spacial score (nSPS) is 14.2. The molecule has 0 radical (unpaired) electrons. The van der Waals surface area contributed by atoms with E-state index in [1.165, 1.54) is 0 Å². The third-order valence-corrected chi connectivity index (χ3v) is 4.78. The molecule has 0 saturated carbocycles. The SMILES string of the molecule is CC(C)c1ccccc1OCC(CS(=O)(=O)Cl)C(C)(C)C. The highest BCUT2D eigenvalue weighted by Gasteiger charge is 2.29. The molecule has 0 N–H and O–H groups in total. The van der Waals surface area contributed by atoms with Gasteiger partial charge in [-0.3, -0.25) is 0 Å². The monoisotopic (exact) mass is 332 g/mol. The van der Waals surface area contributed by atoms with Gasteiger partial charge in [-0.2, -0.15) is 0 Å². The number of ether oxygens (including phenoxy) is 1. The summed E-state index contributed by atoms with van der Waals surface area (Å²) in [4.78, 5) is 0. The summed E-state index contributed by atoms with van der Waals surface area (Å²) in [5, 5.41) is 0. The Morgan fingerprint density at radius 1 is 1.19 bits per heavy atom. The van der Waals surface area contributed by atoms with Crippen LogP contribution in [0.2, 0.25) is 0 Å². The smallest absolute Gasteiger partial charge is 0.233 e. The van der Waals surface area contributed by atoms with Gasteiger partial charge >= 0.3 is 0 Å². The zero-order valence-electron chi connectivity index (χ0n) is 13.4. The first kappa shape index (κ1) is 18.3. The van der Waals surface area contributed by atoms with Crippen LogP contribution in [0.3, 0.4) is 0 Å². The molecule has 1 atom stereocenters. The number of para-hydroxylation sites is 1. The Balaban J connectivity index is 2.88. The third kappa shape index (κ3) is 6.27. The van der Waals surface area contributed by atoms with Gasteiger partial charge in [-0.05, 0) is 23.0 Å². The van der Waals surface area contributed by atoms with E-state index in [9.17, 15) is 8.42 Å². The van der Waals surface area contributed by atoms with Gasteiger partial charge in [0.15, 0.2) is 0 Å². The second-order valence-corrected chi connectivity index (χ2v) is 9.59. The standard InChI is InChI=1S/C16H25ClO3S/c1-12(2)14-8-6-7-9-15(14)20-10-13(16(3,4)5)11-21(17,18)19/h6-9,12-13H,10-11H2,1-5H3. The average Bonchev–Trinajstić information content (AvgIpc) is 2.32. The van der Waals surface area contributed by atoms with Gasteiger partial charge in [0.2, 0.25) is 9.05 Å². The predicted molar refractivity (Wildman–Crippen MR) is 88.6 cm³/mol. The molecule has 21 heavy (non-hydrogen) atoms. The Kier molecular flexibility index (Phi) is 6.11. The van der Waals surface area contributed by atoms with Gasteiger partial charge in [-0.25, -0.2) is 8.42 Å². The Morgan fingerprint density at radius 2 is 1.76 bits per heavy atom. The Hall–Kier alpha value is -0.740. The van der Waals surface area contributed by atoms with E-state index < -0.39 is 9.05 Å². The first-order valence-electron chi connectivity index (χ1n) is 7.15. The van der Waals surface area contributed by atoms with E-state index in [0.29, 0.717) is 12.5 Å². The molecular weight excluding hydrogens is 308 g/mol. The zero-order chi connectivity index (χ0) is 16.3. The van der Waals surface area contributed by atoms with Gasteiger partial charge < -0.3 is 4.74 Å². The Morgan fingerprint density at radius 3 is 2.24 bits per heavy atom. The van der Waals surface area contributed by atoms with Crippen LogP contribution in [-0.2, 0) is 9.05 Å². The molecule has 0 saturated heterocycles. The van der Waals surface area contributed by atoms with Crippen LogP contribution in [0.4, 0.5) is 0 Å². The van der Waals surface area contributed by atoms with E-state index in [0.717, 1.165) is 11.3 Å². The van der Waals surface area contributed by atoms with Gasteiger partial charge in [0, 0.05) is 16.6 Å². The van der Waals surface area contributed by atoms with Crippen LogP contribution in [-0.4, -0.2) is 20.8 Å². The molecule has 1 aromatic carbocycles. The molecule has 0 fully saturated rings. The van der Waals surface area contributed by atoms with E-state index in [4.69, 9.17) is 15.4 Å². The summed E-state index contributed by atoms with van der Waals surface area (Å²) in [5.41, 5.74) is 0.924. The number of hydrogen-bond acceptors (Lipinski definition) is 3. The summed E-state index contributed by atoms with van der Waals surface area (Å²) in [7, 11) is 1.87. The zero-order valence-corrected chi connectivity index (χ0v) is 15.0. The molecule has 5 heteroatoms. The fraction of sp³-hybridized carbons (Fsp3) is 0.625. The highest BCUT2D eigenvalue weighted by Crippen LogP contribution is 2.31. The van der Waals surface area contributed by atoms with Crippen LogP contribution >= 0.6 is 10.7 Å². The second kappa shape index (κ2) is 7.01. The number of benzene rings is 1. The van der Waals surface area contributed by atoms with E-state index in [-0.39, 0.29) is 17.1 Å². The maximum Gasteiger partial charge on any atom is 0.233 e. The quantitative estimate of drug-likeness (QED) is 0.724. The van der Waals surface area contributed by atoms with Crippen LogP contribution in [0.15, 0.2) is 24.3 Å². The van der Waals surface area contributed by atoms with Gasteiger partial charge in [0.1, 0.15) is 5.75 Å². The first-order chi connectivity index (χ1) is 9.50. The van der Waals surface area contributed by atoms with E-state index in [1.807, 2.05) is 45.0 Å². The van der Waals surface area contributed by atoms with Crippen LogP contribution < -0.4 is 4.74 Å². The molecule has 0 amide bonds. The van der Waals surface area contributed by atoms with Crippen LogP contribution in [0, 0.1) is 11.3 Å². The van der Waals surface area contributed by atoms with Crippen molar-refractivity contribution in [3.63, 3.8) is 0 Å². The molecule has 0 aromatic heterocycles. The molecule has 0 aliphatic heterocycles. The van der Waals surface area contributed by atoms with Crippen LogP contribution in [0.1, 0.15) is 46.1 Å². The fourth-order valence-electron chi connectivity index (χ4n) is 2.07. The average molecular weight is 333 g/mol. The minimum Gasteiger partial charge on any atom is -0.493 e. The lowest BCUT2D eigenvalue weighted by atomic mass is 9.82. The number of hydrogen-bond donors (Lipinski definition) is 0. The summed E-state index contributed by atoms with van der Waals surface area (Å²) >= 11 is 0. The van der Waals surface area contributed by atoms with E-state index in [1.54, 1.807) is 0 Å². The molecule has 3 nitrogen and oxygen atoms in total. The van der Waals surface area contributed by atoms with Crippen molar-refractivity contribution >= 4 is 19.7 Å². The molecule has 0 bridgehead atoms. The van der Waals surface area contributed by atoms with Crippen molar-refractivity contribution in [2.45, 2.75) is 40.5 Å². The summed E-state index contributed by atoms with van der Waals surface area (Å²) in [6, 6.07) is 7.85. The minimum atomic E-state index is -3.55. The molecule has 1 aromatic rings. The summed E-state index contributed by atoms with van der Waals surface area (Å²) in [5.74, 6) is 0.919.